The molecule has 0 spiro atoms. The van der Waals surface area contributed by atoms with E-state index in [0.717, 1.165) is 0 Å². The second-order valence-corrected chi connectivity index (χ2v) is 9.83. The van der Waals surface area contributed by atoms with Gasteiger partial charge in [-0.25, -0.2) is 13.8 Å². The molecule has 212 valence electrons. The van der Waals surface area contributed by atoms with Gasteiger partial charge in [0.15, 0.2) is 11.2 Å². The average Bonchev–Trinajstić information content (AvgIpc) is 3.60. The van der Waals surface area contributed by atoms with Crippen LogP contribution in [0.3, 0.4) is 0 Å². The van der Waals surface area contributed by atoms with Gasteiger partial charge in [-0.05, 0) is 72.6 Å². The summed E-state index contributed by atoms with van der Waals surface area (Å²) in [5.74, 6) is -0.812. The number of nitrogens with zero attached hydrogens (tertiary/aromatic N) is 3. The van der Waals surface area contributed by atoms with Crippen LogP contribution in [0.15, 0.2) is 81.8 Å². The number of aromatic nitrogens is 2. The van der Waals surface area contributed by atoms with Gasteiger partial charge in [-0.3, -0.25) is 4.79 Å². The van der Waals surface area contributed by atoms with Crippen LogP contribution in [0, 0.1) is 11.6 Å². The number of carbonyl (C=O) groups is 1. The maximum atomic E-state index is 15.2. The molecule has 0 saturated heterocycles. The van der Waals surface area contributed by atoms with Gasteiger partial charge in [-0.15, -0.1) is 0 Å². The molecule has 0 aliphatic rings. The standard InChI is InChI=1S/C32H26F2N4O4/c1-35-31(40)28-24-16-23(19-13-20(15-22(34)14-19)32-37-30-26(42-32)5-3-10-36-30)25(38(2)11-4-12-39)17-27(24)41-29(28)18-6-8-21(33)9-7-18/h3,5-10,13-17,39H,4,11-12H2,1-2H3,(H,35,40). The summed E-state index contributed by atoms with van der Waals surface area (Å²) in [6, 6.07) is 17.2. The number of aliphatic hydroxyl groups is 1. The Balaban J connectivity index is 1.58. The number of aliphatic hydroxyl groups excluding tert-OH is 1. The first kappa shape index (κ1) is 27.1. The minimum atomic E-state index is -0.507. The van der Waals surface area contributed by atoms with Crippen molar-refractivity contribution in [3.8, 4) is 33.9 Å². The third-order valence-corrected chi connectivity index (χ3v) is 7.05. The Kier molecular flexibility index (Phi) is 7.13. The van der Waals surface area contributed by atoms with Crippen molar-refractivity contribution in [3.05, 3.63) is 90.1 Å². The van der Waals surface area contributed by atoms with Gasteiger partial charge in [0.2, 0.25) is 5.89 Å². The molecule has 10 heteroatoms. The number of benzene rings is 3. The smallest absolute Gasteiger partial charge is 0.255 e. The number of furan rings is 1. The largest absolute Gasteiger partial charge is 0.455 e. The fourth-order valence-corrected chi connectivity index (χ4v) is 5.02. The van der Waals surface area contributed by atoms with Crippen LogP contribution in [-0.2, 0) is 0 Å². The maximum absolute atomic E-state index is 15.2. The summed E-state index contributed by atoms with van der Waals surface area (Å²) in [6.45, 7) is 0.496. The highest BCUT2D eigenvalue weighted by molar-refractivity contribution is 6.13. The van der Waals surface area contributed by atoms with Crippen molar-refractivity contribution < 1.29 is 27.5 Å². The molecule has 0 unspecified atom stereocenters. The van der Waals surface area contributed by atoms with Gasteiger partial charge >= 0.3 is 0 Å². The Morgan fingerprint density at radius 2 is 1.74 bits per heavy atom. The number of anilines is 1. The van der Waals surface area contributed by atoms with Crippen LogP contribution in [0.4, 0.5) is 14.5 Å². The van der Waals surface area contributed by atoms with Crippen LogP contribution in [0.5, 0.6) is 0 Å². The summed E-state index contributed by atoms with van der Waals surface area (Å²) < 4.78 is 40.9. The number of amides is 1. The van der Waals surface area contributed by atoms with Crippen molar-refractivity contribution in [2.75, 3.05) is 32.1 Å². The molecule has 0 atom stereocenters. The van der Waals surface area contributed by atoms with Crippen molar-refractivity contribution in [3.63, 3.8) is 0 Å². The molecule has 3 aromatic carbocycles. The molecule has 3 heterocycles. The Morgan fingerprint density at radius 3 is 2.48 bits per heavy atom. The van der Waals surface area contributed by atoms with Crippen molar-refractivity contribution >= 4 is 33.8 Å². The number of carbonyl (C=O) groups excluding carboxylic acids is 1. The number of hydrogen-bond donors (Lipinski definition) is 2. The van der Waals surface area contributed by atoms with Crippen LogP contribution in [0.25, 0.3) is 56.1 Å². The summed E-state index contributed by atoms with van der Waals surface area (Å²) in [5, 5.41) is 12.6. The lowest BCUT2D eigenvalue weighted by molar-refractivity contribution is 0.0964. The number of pyridine rings is 1. The molecular weight excluding hydrogens is 542 g/mol. The van der Waals surface area contributed by atoms with Gasteiger partial charge in [-0.1, -0.05) is 0 Å². The Hall–Kier alpha value is -5.09. The SMILES string of the molecule is CNC(=O)c1c(-c2ccc(F)cc2)oc2cc(N(C)CCCO)c(-c3cc(F)cc(-c4nc5ncccc5o4)c3)cc12. The van der Waals surface area contributed by atoms with E-state index in [1.165, 1.54) is 31.3 Å². The summed E-state index contributed by atoms with van der Waals surface area (Å²) >= 11 is 0. The predicted molar refractivity (Wildman–Crippen MR) is 156 cm³/mol. The number of fused-ring (bicyclic) bond motifs is 2. The highest BCUT2D eigenvalue weighted by Crippen LogP contribution is 2.42. The van der Waals surface area contributed by atoms with E-state index in [-0.39, 0.29) is 29.7 Å². The second kappa shape index (κ2) is 11.1. The van der Waals surface area contributed by atoms with E-state index < -0.39 is 11.6 Å². The molecule has 0 radical (unpaired) electrons. The molecule has 0 fully saturated rings. The molecule has 0 bridgehead atoms. The van der Waals surface area contributed by atoms with E-state index in [0.29, 0.717) is 63.1 Å². The zero-order valence-electron chi connectivity index (χ0n) is 22.8. The Labute approximate surface area is 239 Å². The van der Waals surface area contributed by atoms with Crippen LogP contribution in [-0.4, -0.2) is 48.2 Å². The number of halogens is 2. The number of oxazole rings is 1. The summed E-state index contributed by atoms with van der Waals surface area (Å²) in [6.07, 6.45) is 2.10. The van der Waals surface area contributed by atoms with E-state index in [1.54, 1.807) is 48.7 Å². The molecule has 0 aliphatic carbocycles. The molecule has 8 nitrogen and oxygen atoms in total. The lowest BCUT2D eigenvalue weighted by atomic mass is 9.96. The van der Waals surface area contributed by atoms with Crippen LogP contribution in [0.1, 0.15) is 16.8 Å². The summed E-state index contributed by atoms with van der Waals surface area (Å²) in [7, 11) is 3.37. The lowest BCUT2D eigenvalue weighted by Crippen LogP contribution is -2.20. The predicted octanol–water partition coefficient (Wildman–Crippen LogP) is 6.43. The molecule has 6 aromatic rings. The van der Waals surface area contributed by atoms with Gasteiger partial charge < -0.3 is 24.2 Å². The van der Waals surface area contributed by atoms with Crippen molar-refractivity contribution in [2.45, 2.75) is 6.42 Å². The molecule has 42 heavy (non-hydrogen) atoms. The number of nitrogens with one attached hydrogen (secondary N) is 1. The fourth-order valence-electron chi connectivity index (χ4n) is 5.02. The molecular formula is C32H26F2N4O4. The van der Waals surface area contributed by atoms with Crippen LogP contribution >= 0.6 is 0 Å². The van der Waals surface area contributed by atoms with Gasteiger partial charge in [0.1, 0.15) is 23.0 Å². The van der Waals surface area contributed by atoms with E-state index in [9.17, 15) is 14.3 Å². The van der Waals surface area contributed by atoms with Gasteiger partial charge in [-0.2, -0.15) is 4.98 Å². The number of hydrogen-bond acceptors (Lipinski definition) is 7. The molecule has 6 rings (SSSR count). The Morgan fingerprint density at radius 1 is 0.952 bits per heavy atom. The van der Waals surface area contributed by atoms with Crippen molar-refractivity contribution in [2.24, 2.45) is 0 Å². The normalized spacial score (nSPS) is 11.4. The first-order valence-corrected chi connectivity index (χ1v) is 13.3. The fraction of sp³-hybridized carbons (Fsp3) is 0.156. The Bertz CT molecular complexity index is 1900. The van der Waals surface area contributed by atoms with E-state index in [2.05, 4.69) is 15.3 Å². The second-order valence-electron chi connectivity index (χ2n) is 9.83. The summed E-state index contributed by atoms with van der Waals surface area (Å²) in [4.78, 5) is 23.7. The minimum absolute atomic E-state index is 0.00588. The minimum Gasteiger partial charge on any atom is -0.455 e. The highest BCUT2D eigenvalue weighted by Gasteiger charge is 2.25. The van der Waals surface area contributed by atoms with E-state index >= 15 is 4.39 Å². The molecule has 1 amide bonds. The lowest BCUT2D eigenvalue weighted by Gasteiger charge is -2.23. The topological polar surface area (TPSA) is 105 Å². The zero-order chi connectivity index (χ0) is 29.4. The third kappa shape index (κ3) is 4.97. The first-order chi connectivity index (χ1) is 20.4. The molecule has 0 saturated carbocycles. The van der Waals surface area contributed by atoms with Crippen LogP contribution < -0.4 is 10.2 Å². The first-order valence-electron chi connectivity index (χ1n) is 13.3. The van der Waals surface area contributed by atoms with E-state index in [4.69, 9.17) is 8.83 Å². The van der Waals surface area contributed by atoms with Crippen molar-refractivity contribution in [1.29, 1.82) is 0 Å². The van der Waals surface area contributed by atoms with Gasteiger partial charge in [0, 0.05) is 67.3 Å². The highest BCUT2D eigenvalue weighted by atomic mass is 19.1. The molecule has 2 N–H and O–H groups in total. The van der Waals surface area contributed by atoms with Gasteiger partial charge in [0.25, 0.3) is 5.91 Å². The average molecular weight is 569 g/mol. The third-order valence-electron chi connectivity index (χ3n) is 7.05. The molecule has 3 aromatic heterocycles. The van der Waals surface area contributed by atoms with Crippen LogP contribution in [0.2, 0.25) is 0 Å². The zero-order valence-corrected chi connectivity index (χ0v) is 22.8. The monoisotopic (exact) mass is 568 g/mol. The summed E-state index contributed by atoms with van der Waals surface area (Å²) in [5.41, 5.74) is 4.34. The van der Waals surface area contributed by atoms with Gasteiger partial charge in [0.05, 0.1) is 5.56 Å². The van der Waals surface area contributed by atoms with E-state index in [1.807, 2.05) is 11.9 Å². The van der Waals surface area contributed by atoms with Crippen molar-refractivity contribution in [1.82, 2.24) is 15.3 Å². The quantitative estimate of drug-likeness (QED) is 0.218. The maximum Gasteiger partial charge on any atom is 0.255 e. The molecule has 0 aliphatic heterocycles. The number of rotatable bonds is 8.